The number of nitrogen functional groups attached to an aromatic ring is 1. The second kappa shape index (κ2) is 5.41. The summed E-state index contributed by atoms with van der Waals surface area (Å²) in [5, 5.41) is 0. The molecule has 0 aromatic carbocycles. The lowest BCUT2D eigenvalue weighted by Gasteiger charge is -2.12. The highest BCUT2D eigenvalue weighted by Crippen LogP contribution is 2.10. The summed E-state index contributed by atoms with van der Waals surface area (Å²) in [6.45, 7) is 2.28. The van der Waals surface area contributed by atoms with Crippen LogP contribution in [-0.2, 0) is 4.74 Å². The lowest BCUT2D eigenvalue weighted by atomic mass is 10.4. The predicted octanol–water partition coefficient (Wildman–Crippen LogP) is 0.0532. The van der Waals surface area contributed by atoms with Crippen molar-refractivity contribution in [2.45, 2.75) is 13.0 Å². The summed E-state index contributed by atoms with van der Waals surface area (Å²) < 4.78 is 12.1. The summed E-state index contributed by atoms with van der Waals surface area (Å²) in [6, 6.07) is 0.163. The summed E-state index contributed by atoms with van der Waals surface area (Å²) in [6.07, 6.45) is 4.72. The maximum absolute atomic E-state index is 5.61. The van der Waals surface area contributed by atoms with E-state index in [-0.39, 0.29) is 18.1 Å². The minimum absolute atomic E-state index is 0.0910. The molecule has 0 amide bonds. The van der Waals surface area contributed by atoms with Crippen molar-refractivity contribution in [2.24, 2.45) is 0 Å². The summed E-state index contributed by atoms with van der Waals surface area (Å²) in [5.74, 6) is 0.452. The van der Waals surface area contributed by atoms with Gasteiger partial charge in [-0.1, -0.05) is 0 Å². The van der Waals surface area contributed by atoms with Gasteiger partial charge in [-0.25, -0.2) is 4.98 Å². The van der Waals surface area contributed by atoms with Gasteiger partial charge >= 0.3 is 6.01 Å². The van der Waals surface area contributed by atoms with Crippen LogP contribution in [0.5, 0.6) is 6.01 Å². The largest absolute Gasteiger partial charge is 0.458 e. The third kappa shape index (κ3) is 2.92. The minimum Gasteiger partial charge on any atom is -0.458 e. The molecule has 96 valence electrons. The maximum Gasteiger partial charge on any atom is 0.323 e. The zero-order chi connectivity index (χ0) is 13.0. The molecule has 2 aromatic rings. The van der Waals surface area contributed by atoms with E-state index in [0.717, 1.165) is 0 Å². The number of rotatable bonds is 5. The molecule has 0 bridgehead atoms. The SMILES string of the molecule is COCC(C)Oc1nc(N)nc(-n2ccnc2)n1. The van der Waals surface area contributed by atoms with Gasteiger partial charge in [-0.15, -0.1) is 0 Å². The first-order valence-electron chi connectivity index (χ1n) is 5.34. The van der Waals surface area contributed by atoms with Gasteiger partial charge in [0.2, 0.25) is 11.9 Å². The molecule has 0 saturated heterocycles. The molecule has 2 heterocycles. The number of hydrogen-bond donors (Lipinski definition) is 1. The number of anilines is 1. The lowest BCUT2D eigenvalue weighted by molar-refractivity contribution is 0.0854. The molecule has 0 aliphatic carbocycles. The Kier molecular flexibility index (Phi) is 3.68. The Labute approximate surface area is 104 Å². The fourth-order valence-corrected chi connectivity index (χ4v) is 1.36. The molecule has 2 aromatic heterocycles. The Morgan fingerprint density at radius 1 is 1.39 bits per heavy atom. The first-order valence-corrected chi connectivity index (χ1v) is 5.34. The molecule has 8 heteroatoms. The van der Waals surface area contributed by atoms with Crippen molar-refractivity contribution in [3.8, 4) is 12.0 Å². The first kappa shape index (κ1) is 12.2. The molecular weight excluding hydrogens is 236 g/mol. The standard InChI is InChI=1S/C10H14N6O2/c1-7(5-17-2)18-10-14-8(11)13-9(15-10)16-4-3-12-6-16/h3-4,6-7H,5H2,1-2H3,(H2,11,13,14,15). The van der Waals surface area contributed by atoms with Crippen LogP contribution in [0.4, 0.5) is 5.95 Å². The van der Waals surface area contributed by atoms with Gasteiger partial charge in [-0.2, -0.15) is 15.0 Å². The number of imidazole rings is 1. The smallest absolute Gasteiger partial charge is 0.323 e. The van der Waals surface area contributed by atoms with Gasteiger partial charge in [0.15, 0.2) is 0 Å². The van der Waals surface area contributed by atoms with Crippen LogP contribution in [0.1, 0.15) is 6.92 Å². The van der Waals surface area contributed by atoms with E-state index < -0.39 is 0 Å². The molecule has 1 unspecified atom stereocenters. The molecule has 0 aliphatic rings. The van der Waals surface area contributed by atoms with Gasteiger partial charge in [0.25, 0.3) is 0 Å². The average molecular weight is 250 g/mol. The van der Waals surface area contributed by atoms with Crippen molar-refractivity contribution in [2.75, 3.05) is 19.5 Å². The Balaban J connectivity index is 2.22. The van der Waals surface area contributed by atoms with Gasteiger partial charge < -0.3 is 15.2 Å². The van der Waals surface area contributed by atoms with Crippen LogP contribution >= 0.6 is 0 Å². The monoisotopic (exact) mass is 250 g/mol. The second-order valence-electron chi connectivity index (χ2n) is 3.63. The molecule has 2 N–H and O–H groups in total. The normalized spacial score (nSPS) is 12.3. The van der Waals surface area contributed by atoms with E-state index in [1.165, 1.54) is 0 Å². The predicted molar refractivity (Wildman–Crippen MR) is 63.3 cm³/mol. The highest BCUT2D eigenvalue weighted by atomic mass is 16.5. The van der Waals surface area contributed by atoms with E-state index in [9.17, 15) is 0 Å². The van der Waals surface area contributed by atoms with Gasteiger partial charge in [-0.3, -0.25) is 4.57 Å². The molecule has 2 rings (SSSR count). The fourth-order valence-electron chi connectivity index (χ4n) is 1.36. The minimum atomic E-state index is -0.174. The third-order valence-corrected chi connectivity index (χ3v) is 2.06. The number of nitrogens with zero attached hydrogens (tertiary/aromatic N) is 5. The van der Waals surface area contributed by atoms with E-state index in [1.807, 2.05) is 6.92 Å². The van der Waals surface area contributed by atoms with E-state index in [0.29, 0.717) is 12.6 Å². The lowest BCUT2D eigenvalue weighted by Crippen LogP contribution is -2.20. The molecular formula is C10H14N6O2. The topological polar surface area (TPSA) is 101 Å². The summed E-state index contributed by atoms with van der Waals surface area (Å²) >= 11 is 0. The Bertz CT molecular complexity index is 501. The fraction of sp³-hybridized carbons (Fsp3) is 0.400. The third-order valence-electron chi connectivity index (χ3n) is 2.06. The zero-order valence-electron chi connectivity index (χ0n) is 10.1. The summed E-state index contributed by atoms with van der Waals surface area (Å²) in [4.78, 5) is 16.0. The second-order valence-corrected chi connectivity index (χ2v) is 3.63. The summed E-state index contributed by atoms with van der Waals surface area (Å²) in [5.41, 5.74) is 5.61. The Hall–Kier alpha value is -2.22. The van der Waals surface area contributed by atoms with Crippen LogP contribution in [0, 0.1) is 0 Å². The molecule has 1 atom stereocenters. The molecule has 0 radical (unpaired) electrons. The van der Waals surface area contributed by atoms with Crippen LogP contribution < -0.4 is 10.5 Å². The maximum atomic E-state index is 5.61. The molecule has 18 heavy (non-hydrogen) atoms. The van der Waals surface area contributed by atoms with E-state index >= 15 is 0 Å². The van der Waals surface area contributed by atoms with E-state index in [2.05, 4.69) is 19.9 Å². The molecule has 0 aliphatic heterocycles. The quantitative estimate of drug-likeness (QED) is 0.800. The van der Waals surface area contributed by atoms with Crippen LogP contribution in [0.15, 0.2) is 18.7 Å². The highest BCUT2D eigenvalue weighted by Gasteiger charge is 2.10. The van der Waals surface area contributed by atoms with Crippen molar-refractivity contribution < 1.29 is 9.47 Å². The summed E-state index contributed by atoms with van der Waals surface area (Å²) in [7, 11) is 1.60. The van der Waals surface area contributed by atoms with Crippen molar-refractivity contribution in [1.29, 1.82) is 0 Å². The molecule has 8 nitrogen and oxygen atoms in total. The van der Waals surface area contributed by atoms with Crippen LogP contribution in [0.2, 0.25) is 0 Å². The van der Waals surface area contributed by atoms with Gasteiger partial charge in [-0.05, 0) is 6.92 Å². The molecule has 0 fully saturated rings. The van der Waals surface area contributed by atoms with Crippen LogP contribution in [0.3, 0.4) is 0 Å². The van der Waals surface area contributed by atoms with Crippen LogP contribution in [0.25, 0.3) is 5.95 Å². The van der Waals surface area contributed by atoms with Gasteiger partial charge in [0.05, 0.1) is 6.61 Å². The Morgan fingerprint density at radius 3 is 2.89 bits per heavy atom. The average Bonchev–Trinajstić information content (AvgIpc) is 2.81. The van der Waals surface area contributed by atoms with E-state index in [4.69, 9.17) is 15.2 Å². The van der Waals surface area contributed by atoms with Crippen LogP contribution in [-0.4, -0.2) is 44.3 Å². The van der Waals surface area contributed by atoms with Crippen molar-refractivity contribution in [3.05, 3.63) is 18.7 Å². The zero-order valence-corrected chi connectivity index (χ0v) is 10.1. The van der Waals surface area contributed by atoms with E-state index in [1.54, 1.807) is 30.4 Å². The first-order chi connectivity index (χ1) is 8.69. The van der Waals surface area contributed by atoms with Gasteiger partial charge in [0, 0.05) is 19.5 Å². The number of aromatic nitrogens is 5. The highest BCUT2D eigenvalue weighted by molar-refractivity contribution is 5.25. The number of methoxy groups -OCH3 is 1. The number of ether oxygens (including phenoxy) is 2. The van der Waals surface area contributed by atoms with Gasteiger partial charge in [0.1, 0.15) is 12.4 Å². The Morgan fingerprint density at radius 2 is 2.22 bits per heavy atom. The van der Waals surface area contributed by atoms with Crippen molar-refractivity contribution in [1.82, 2.24) is 24.5 Å². The molecule has 0 spiro atoms. The van der Waals surface area contributed by atoms with Crippen molar-refractivity contribution >= 4 is 5.95 Å². The number of hydrogen-bond acceptors (Lipinski definition) is 7. The number of nitrogens with two attached hydrogens (primary N) is 1. The van der Waals surface area contributed by atoms with Crippen molar-refractivity contribution in [3.63, 3.8) is 0 Å². The molecule has 0 saturated carbocycles.